The Labute approximate surface area is 109 Å². The quantitative estimate of drug-likeness (QED) is 0.792. The molecule has 4 heteroatoms. The second-order valence-electron chi connectivity index (χ2n) is 4.00. The van der Waals surface area contributed by atoms with E-state index in [1.54, 1.807) is 31.3 Å². The van der Waals surface area contributed by atoms with E-state index in [1.807, 2.05) is 0 Å². The van der Waals surface area contributed by atoms with Gasteiger partial charge in [-0.3, -0.25) is 9.78 Å². The number of nitrogens with zero attached hydrogens (tertiary/aromatic N) is 1. The summed E-state index contributed by atoms with van der Waals surface area (Å²) in [5.41, 5.74) is 1.50. The number of pyridine rings is 1. The Morgan fingerprint density at radius 3 is 2.83 bits per heavy atom. The number of carbonyl (C=O) groups is 1. The highest BCUT2D eigenvalue weighted by molar-refractivity contribution is 6.30. The van der Waals surface area contributed by atoms with Crippen molar-refractivity contribution in [1.82, 2.24) is 4.98 Å². The Bertz CT molecular complexity index is 598. The Morgan fingerprint density at radius 2 is 2.17 bits per heavy atom. The monoisotopic (exact) mass is 263 g/mol. The molecule has 0 N–H and O–H groups in total. The second-order valence-corrected chi connectivity index (χ2v) is 4.44. The van der Waals surface area contributed by atoms with Crippen molar-refractivity contribution in [2.75, 3.05) is 0 Å². The number of halogens is 2. The van der Waals surface area contributed by atoms with Crippen LogP contribution in [0.25, 0.3) is 0 Å². The minimum absolute atomic E-state index is 0.0130. The van der Waals surface area contributed by atoms with Crippen LogP contribution in [0.1, 0.15) is 21.6 Å². The first kappa shape index (κ1) is 12.7. The zero-order valence-electron chi connectivity index (χ0n) is 9.78. The molecule has 0 aliphatic heterocycles. The van der Waals surface area contributed by atoms with Gasteiger partial charge in [-0.1, -0.05) is 23.7 Å². The predicted octanol–water partition coefficient (Wildman–Crippen LogP) is 3.61. The minimum Gasteiger partial charge on any atom is -0.292 e. The number of aromatic nitrogens is 1. The fraction of sp³-hybridized carbons (Fsp3) is 0.143. The van der Waals surface area contributed by atoms with Crippen molar-refractivity contribution < 1.29 is 9.18 Å². The molecule has 0 saturated heterocycles. The summed E-state index contributed by atoms with van der Waals surface area (Å²) in [6, 6.07) is 7.86. The van der Waals surface area contributed by atoms with Crippen LogP contribution >= 0.6 is 11.6 Å². The van der Waals surface area contributed by atoms with Crippen molar-refractivity contribution in [3.8, 4) is 0 Å². The summed E-state index contributed by atoms with van der Waals surface area (Å²) in [6.07, 6.45) is 1.54. The molecule has 0 saturated carbocycles. The van der Waals surface area contributed by atoms with Gasteiger partial charge in [-0.05, 0) is 36.2 Å². The van der Waals surface area contributed by atoms with E-state index < -0.39 is 5.82 Å². The molecule has 1 aromatic heterocycles. The first-order valence-corrected chi connectivity index (χ1v) is 5.84. The molecule has 2 rings (SSSR count). The van der Waals surface area contributed by atoms with E-state index in [-0.39, 0.29) is 12.2 Å². The minimum atomic E-state index is -0.468. The zero-order chi connectivity index (χ0) is 13.1. The zero-order valence-corrected chi connectivity index (χ0v) is 10.5. The number of hydrogen-bond donors (Lipinski definition) is 0. The highest BCUT2D eigenvalue weighted by Gasteiger charge is 2.13. The Morgan fingerprint density at radius 1 is 1.39 bits per heavy atom. The van der Waals surface area contributed by atoms with Crippen LogP contribution in [0.15, 0.2) is 36.5 Å². The van der Waals surface area contributed by atoms with Gasteiger partial charge in [0.1, 0.15) is 11.5 Å². The smallest absolute Gasteiger partial charge is 0.185 e. The molecule has 2 nitrogen and oxygen atoms in total. The summed E-state index contributed by atoms with van der Waals surface area (Å²) in [5, 5.41) is 0.317. The molecule has 18 heavy (non-hydrogen) atoms. The largest absolute Gasteiger partial charge is 0.292 e. The fourth-order valence-corrected chi connectivity index (χ4v) is 1.86. The van der Waals surface area contributed by atoms with Crippen molar-refractivity contribution in [2.24, 2.45) is 0 Å². The highest BCUT2D eigenvalue weighted by atomic mass is 35.5. The van der Waals surface area contributed by atoms with Crippen LogP contribution in [0, 0.1) is 12.7 Å². The van der Waals surface area contributed by atoms with E-state index in [4.69, 9.17) is 11.6 Å². The maximum absolute atomic E-state index is 13.6. The Balaban J connectivity index is 2.24. The lowest BCUT2D eigenvalue weighted by Gasteiger charge is -2.05. The Hall–Kier alpha value is -1.74. The Kier molecular flexibility index (Phi) is 3.72. The van der Waals surface area contributed by atoms with Gasteiger partial charge in [0.15, 0.2) is 5.78 Å². The summed E-state index contributed by atoms with van der Waals surface area (Å²) in [5.74, 6) is -0.668. The maximum atomic E-state index is 13.6. The number of Topliss-reactive ketones (excluding diaryl/α,β-unsaturated/α-hetero) is 1. The van der Waals surface area contributed by atoms with E-state index in [1.165, 1.54) is 12.1 Å². The van der Waals surface area contributed by atoms with E-state index in [2.05, 4.69) is 4.98 Å². The van der Waals surface area contributed by atoms with Gasteiger partial charge in [-0.25, -0.2) is 4.39 Å². The molecule has 0 radical (unpaired) electrons. The van der Waals surface area contributed by atoms with Gasteiger partial charge < -0.3 is 0 Å². The number of benzene rings is 1. The van der Waals surface area contributed by atoms with Gasteiger partial charge >= 0.3 is 0 Å². The third-order valence-corrected chi connectivity index (χ3v) is 2.87. The average molecular weight is 264 g/mol. The molecule has 1 heterocycles. The molecule has 1 aromatic carbocycles. The molecule has 0 aliphatic carbocycles. The van der Waals surface area contributed by atoms with Crippen LogP contribution < -0.4 is 0 Å². The van der Waals surface area contributed by atoms with Crippen molar-refractivity contribution in [3.63, 3.8) is 0 Å². The average Bonchev–Trinajstić information content (AvgIpc) is 2.33. The van der Waals surface area contributed by atoms with E-state index in [0.29, 0.717) is 16.3 Å². The fourth-order valence-electron chi connectivity index (χ4n) is 1.70. The molecular formula is C14H11ClFNO. The topological polar surface area (TPSA) is 30.0 Å². The van der Waals surface area contributed by atoms with Gasteiger partial charge in [-0.15, -0.1) is 0 Å². The molecule has 0 atom stereocenters. The lowest BCUT2D eigenvalue weighted by atomic mass is 10.0. The molecule has 0 unspecified atom stereocenters. The highest BCUT2D eigenvalue weighted by Crippen LogP contribution is 2.17. The first-order chi connectivity index (χ1) is 8.58. The lowest BCUT2D eigenvalue weighted by molar-refractivity contribution is 0.0986. The predicted molar refractivity (Wildman–Crippen MR) is 68.4 cm³/mol. The molecule has 0 aliphatic rings. The number of ketones is 1. The van der Waals surface area contributed by atoms with E-state index in [9.17, 15) is 9.18 Å². The van der Waals surface area contributed by atoms with Gasteiger partial charge in [0.25, 0.3) is 0 Å². The number of hydrogen-bond acceptors (Lipinski definition) is 2. The molecule has 0 fully saturated rings. The summed E-state index contributed by atoms with van der Waals surface area (Å²) in [4.78, 5) is 16.0. The standard InChI is InChI=1S/C14H11ClFNO/c1-9-3-2-6-17-14(9)13(18)7-10-4-5-11(15)8-12(10)16/h2-6,8H,7H2,1H3. The van der Waals surface area contributed by atoms with Crippen LogP contribution in [0.5, 0.6) is 0 Å². The van der Waals surface area contributed by atoms with Crippen molar-refractivity contribution in [1.29, 1.82) is 0 Å². The number of rotatable bonds is 3. The van der Waals surface area contributed by atoms with Gasteiger partial charge in [0.05, 0.1) is 0 Å². The van der Waals surface area contributed by atoms with Crippen LogP contribution in [0.2, 0.25) is 5.02 Å². The summed E-state index contributed by atoms with van der Waals surface area (Å²) in [7, 11) is 0. The molecule has 92 valence electrons. The number of carbonyl (C=O) groups excluding carboxylic acids is 1. The van der Waals surface area contributed by atoms with Crippen molar-refractivity contribution in [2.45, 2.75) is 13.3 Å². The molecule has 0 bridgehead atoms. The third kappa shape index (κ3) is 2.74. The summed E-state index contributed by atoms with van der Waals surface area (Å²) >= 11 is 5.66. The molecule has 2 aromatic rings. The van der Waals surface area contributed by atoms with Crippen LogP contribution in [0.3, 0.4) is 0 Å². The lowest BCUT2D eigenvalue weighted by Crippen LogP contribution is -2.09. The first-order valence-electron chi connectivity index (χ1n) is 5.46. The third-order valence-electron chi connectivity index (χ3n) is 2.64. The summed E-state index contributed by atoms with van der Waals surface area (Å²) in [6.45, 7) is 1.80. The maximum Gasteiger partial charge on any atom is 0.185 e. The van der Waals surface area contributed by atoms with Gasteiger partial charge in [0, 0.05) is 17.6 Å². The number of aryl methyl sites for hydroxylation is 1. The molecule has 0 amide bonds. The molecular weight excluding hydrogens is 253 g/mol. The van der Waals surface area contributed by atoms with Gasteiger partial charge in [0.2, 0.25) is 0 Å². The molecule has 0 spiro atoms. The summed E-state index contributed by atoms with van der Waals surface area (Å²) < 4.78 is 13.6. The van der Waals surface area contributed by atoms with Crippen LogP contribution in [0.4, 0.5) is 4.39 Å². The normalized spacial score (nSPS) is 10.4. The van der Waals surface area contributed by atoms with Crippen molar-refractivity contribution >= 4 is 17.4 Å². The van der Waals surface area contributed by atoms with Crippen LogP contribution in [-0.2, 0) is 6.42 Å². The van der Waals surface area contributed by atoms with Gasteiger partial charge in [-0.2, -0.15) is 0 Å². The SMILES string of the molecule is Cc1cccnc1C(=O)Cc1ccc(Cl)cc1F. The van der Waals surface area contributed by atoms with Crippen LogP contribution in [-0.4, -0.2) is 10.8 Å². The van der Waals surface area contributed by atoms with Crippen molar-refractivity contribution in [3.05, 3.63) is 64.2 Å². The van der Waals surface area contributed by atoms with E-state index in [0.717, 1.165) is 5.56 Å². The van der Waals surface area contributed by atoms with E-state index >= 15 is 0 Å². The second kappa shape index (κ2) is 5.27.